The van der Waals surface area contributed by atoms with Crippen molar-refractivity contribution in [2.45, 2.75) is 33.2 Å². The van der Waals surface area contributed by atoms with E-state index in [0.717, 1.165) is 12.8 Å². The largest absolute Gasteiger partial charge is 0.476 e. The molecule has 1 N–H and O–H groups in total. The van der Waals surface area contributed by atoms with Gasteiger partial charge in [-0.25, -0.2) is 14.5 Å². The molecule has 0 saturated carbocycles. The maximum atomic E-state index is 11.3. The molecule has 2 heterocycles. The SMILES string of the molecule is CC(C)CCCn1nnc(C(=O)O)c1-c1cncn1C. The summed E-state index contributed by atoms with van der Waals surface area (Å²) >= 11 is 0. The van der Waals surface area contributed by atoms with Crippen LogP contribution in [0.25, 0.3) is 11.4 Å². The molecule has 0 aliphatic rings. The molecule has 7 nitrogen and oxygen atoms in total. The van der Waals surface area contributed by atoms with E-state index in [-0.39, 0.29) is 5.69 Å². The minimum Gasteiger partial charge on any atom is -0.476 e. The number of nitrogens with zero attached hydrogens (tertiary/aromatic N) is 5. The molecule has 0 spiro atoms. The Kier molecular flexibility index (Phi) is 4.16. The smallest absolute Gasteiger partial charge is 0.358 e. The van der Waals surface area contributed by atoms with E-state index < -0.39 is 5.97 Å². The van der Waals surface area contributed by atoms with Gasteiger partial charge in [0.15, 0.2) is 5.69 Å². The van der Waals surface area contributed by atoms with Crippen LogP contribution >= 0.6 is 0 Å². The molecule has 0 fully saturated rings. The van der Waals surface area contributed by atoms with Crippen LogP contribution in [0.15, 0.2) is 12.5 Å². The lowest BCUT2D eigenvalue weighted by Crippen LogP contribution is -2.08. The van der Waals surface area contributed by atoms with Crippen molar-refractivity contribution >= 4 is 5.97 Å². The number of imidazole rings is 1. The van der Waals surface area contributed by atoms with E-state index in [9.17, 15) is 9.90 Å². The molecule has 0 atom stereocenters. The van der Waals surface area contributed by atoms with Crippen LogP contribution in [0.5, 0.6) is 0 Å². The van der Waals surface area contributed by atoms with Crippen LogP contribution in [-0.2, 0) is 13.6 Å². The highest BCUT2D eigenvalue weighted by molar-refractivity contribution is 5.92. The zero-order valence-electron chi connectivity index (χ0n) is 11.9. The van der Waals surface area contributed by atoms with Gasteiger partial charge in [0.2, 0.25) is 0 Å². The summed E-state index contributed by atoms with van der Waals surface area (Å²) in [4.78, 5) is 15.3. The Labute approximate surface area is 117 Å². The van der Waals surface area contributed by atoms with E-state index in [1.54, 1.807) is 21.8 Å². The van der Waals surface area contributed by atoms with Crippen LogP contribution in [0.4, 0.5) is 0 Å². The number of carboxylic acids is 1. The first kappa shape index (κ1) is 14.2. The number of aromatic carboxylic acids is 1. The van der Waals surface area contributed by atoms with E-state index in [4.69, 9.17) is 0 Å². The fourth-order valence-corrected chi connectivity index (χ4v) is 2.10. The van der Waals surface area contributed by atoms with Crippen molar-refractivity contribution in [2.24, 2.45) is 13.0 Å². The first-order valence-electron chi connectivity index (χ1n) is 6.64. The van der Waals surface area contributed by atoms with E-state index >= 15 is 0 Å². The number of carboxylic acid groups (broad SMARTS) is 1. The van der Waals surface area contributed by atoms with Crippen molar-refractivity contribution in [3.05, 3.63) is 18.2 Å². The highest BCUT2D eigenvalue weighted by Crippen LogP contribution is 2.22. The summed E-state index contributed by atoms with van der Waals surface area (Å²) in [5.41, 5.74) is 1.19. The summed E-state index contributed by atoms with van der Waals surface area (Å²) < 4.78 is 3.42. The zero-order chi connectivity index (χ0) is 14.7. The second-order valence-electron chi connectivity index (χ2n) is 5.24. The fourth-order valence-electron chi connectivity index (χ4n) is 2.10. The van der Waals surface area contributed by atoms with Gasteiger partial charge < -0.3 is 9.67 Å². The molecule has 0 aliphatic carbocycles. The minimum absolute atomic E-state index is 0.0295. The van der Waals surface area contributed by atoms with Crippen LogP contribution < -0.4 is 0 Å². The van der Waals surface area contributed by atoms with Crippen molar-refractivity contribution in [1.82, 2.24) is 24.5 Å². The van der Waals surface area contributed by atoms with Gasteiger partial charge in [0.25, 0.3) is 0 Å². The Morgan fingerprint density at radius 3 is 2.75 bits per heavy atom. The maximum Gasteiger partial charge on any atom is 0.358 e. The lowest BCUT2D eigenvalue weighted by Gasteiger charge is -2.08. The summed E-state index contributed by atoms with van der Waals surface area (Å²) in [5.74, 6) is -0.464. The van der Waals surface area contributed by atoms with Crippen molar-refractivity contribution in [3.8, 4) is 11.4 Å². The molecule has 2 rings (SSSR count). The number of aromatic nitrogens is 5. The molecular formula is C13H19N5O2. The number of hydrogen-bond donors (Lipinski definition) is 1. The first-order chi connectivity index (χ1) is 9.50. The highest BCUT2D eigenvalue weighted by Gasteiger charge is 2.22. The third kappa shape index (κ3) is 2.87. The zero-order valence-corrected chi connectivity index (χ0v) is 11.9. The van der Waals surface area contributed by atoms with Gasteiger partial charge in [-0.15, -0.1) is 5.10 Å². The summed E-state index contributed by atoms with van der Waals surface area (Å²) in [7, 11) is 1.82. The molecule has 0 aliphatic heterocycles. The number of carbonyl (C=O) groups is 1. The van der Waals surface area contributed by atoms with Crippen LogP contribution in [0.1, 0.15) is 37.2 Å². The summed E-state index contributed by atoms with van der Waals surface area (Å²) in [6, 6.07) is 0. The summed E-state index contributed by atoms with van der Waals surface area (Å²) in [6.07, 6.45) is 5.26. The Morgan fingerprint density at radius 1 is 1.45 bits per heavy atom. The molecule has 7 heteroatoms. The second-order valence-corrected chi connectivity index (χ2v) is 5.24. The molecular weight excluding hydrogens is 258 g/mol. The number of hydrogen-bond acceptors (Lipinski definition) is 4. The lowest BCUT2D eigenvalue weighted by molar-refractivity contribution is 0.0691. The molecule has 108 valence electrons. The van der Waals surface area contributed by atoms with Crippen molar-refractivity contribution < 1.29 is 9.90 Å². The van der Waals surface area contributed by atoms with Crippen LogP contribution in [0.3, 0.4) is 0 Å². The average molecular weight is 277 g/mol. The van der Waals surface area contributed by atoms with Gasteiger partial charge in [0.05, 0.1) is 18.2 Å². The van der Waals surface area contributed by atoms with Gasteiger partial charge in [0.1, 0.15) is 5.69 Å². The lowest BCUT2D eigenvalue weighted by atomic mass is 10.1. The molecule has 0 radical (unpaired) electrons. The van der Waals surface area contributed by atoms with Crippen molar-refractivity contribution in [3.63, 3.8) is 0 Å². The fraction of sp³-hybridized carbons (Fsp3) is 0.538. The monoisotopic (exact) mass is 277 g/mol. The normalized spacial score (nSPS) is 11.2. The third-order valence-electron chi connectivity index (χ3n) is 3.15. The summed E-state index contributed by atoms with van der Waals surface area (Å²) in [6.45, 7) is 4.97. The molecule has 20 heavy (non-hydrogen) atoms. The average Bonchev–Trinajstić information content (AvgIpc) is 2.94. The Balaban J connectivity index is 2.33. The predicted octanol–water partition coefficient (Wildman–Crippen LogP) is 1.81. The Morgan fingerprint density at radius 2 is 2.20 bits per heavy atom. The van der Waals surface area contributed by atoms with E-state index in [1.165, 1.54) is 0 Å². The Bertz CT molecular complexity index is 600. The van der Waals surface area contributed by atoms with Crippen molar-refractivity contribution in [2.75, 3.05) is 0 Å². The van der Waals surface area contributed by atoms with E-state index in [2.05, 4.69) is 29.1 Å². The minimum atomic E-state index is -1.07. The molecule has 0 saturated heterocycles. The van der Waals surface area contributed by atoms with Gasteiger partial charge in [-0.2, -0.15) is 0 Å². The van der Waals surface area contributed by atoms with Gasteiger partial charge in [-0.1, -0.05) is 19.1 Å². The molecule has 2 aromatic heterocycles. The van der Waals surface area contributed by atoms with Crippen LogP contribution in [0, 0.1) is 5.92 Å². The molecule has 0 amide bonds. The molecule has 0 unspecified atom stereocenters. The van der Waals surface area contributed by atoms with Crippen LogP contribution in [0.2, 0.25) is 0 Å². The molecule has 0 bridgehead atoms. The second kappa shape index (κ2) is 5.85. The van der Waals surface area contributed by atoms with Gasteiger partial charge in [-0.05, 0) is 18.8 Å². The maximum absolute atomic E-state index is 11.3. The van der Waals surface area contributed by atoms with Gasteiger partial charge >= 0.3 is 5.97 Å². The topological polar surface area (TPSA) is 85.8 Å². The molecule has 0 aromatic carbocycles. The Hall–Kier alpha value is -2.18. The standard InChI is InChI=1S/C13H19N5O2/c1-9(2)5-4-6-18-12(10-7-14-8-17(10)3)11(13(19)20)15-16-18/h7-9H,4-6H2,1-3H3,(H,19,20). The van der Waals surface area contributed by atoms with E-state index in [0.29, 0.717) is 23.9 Å². The predicted molar refractivity (Wildman–Crippen MR) is 73.3 cm³/mol. The van der Waals surface area contributed by atoms with Crippen LogP contribution in [-0.4, -0.2) is 35.6 Å². The van der Waals surface area contributed by atoms with Gasteiger partial charge in [-0.3, -0.25) is 0 Å². The van der Waals surface area contributed by atoms with Crippen molar-refractivity contribution in [1.29, 1.82) is 0 Å². The first-order valence-corrected chi connectivity index (χ1v) is 6.64. The summed E-state index contributed by atoms with van der Waals surface area (Å²) in [5, 5.41) is 17.0. The molecule has 2 aromatic rings. The number of rotatable bonds is 6. The highest BCUT2D eigenvalue weighted by atomic mass is 16.4. The number of aryl methyl sites for hydroxylation is 2. The quantitative estimate of drug-likeness (QED) is 0.870. The van der Waals surface area contributed by atoms with E-state index in [1.807, 2.05) is 7.05 Å². The van der Waals surface area contributed by atoms with Gasteiger partial charge in [0, 0.05) is 13.6 Å². The third-order valence-corrected chi connectivity index (χ3v) is 3.15.